The first kappa shape index (κ1) is 24.4. The molecule has 5 aromatic rings. The highest BCUT2D eigenvalue weighted by atomic mass is 16.3. The number of nitrogens with two attached hydrogens (primary N) is 1. The van der Waals surface area contributed by atoms with Gasteiger partial charge in [0.05, 0.1) is 47.9 Å². The third-order valence-electron chi connectivity index (χ3n) is 5.97. The van der Waals surface area contributed by atoms with E-state index in [2.05, 4.69) is 26.5 Å². The summed E-state index contributed by atoms with van der Waals surface area (Å²) in [6.45, 7) is 2.53. The predicted octanol–water partition coefficient (Wildman–Crippen LogP) is 2.14. The monoisotopic (exact) mass is 509 g/mol. The van der Waals surface area contributed by atoms with Crippen LogP contribution in [0, 0.1) is 11.3 Å². The van der Waals surface area contributed by atoms with Gasteiger partial charge in [0.25, 0.3) is 11.5 Å². The number of carbonyl (C=O) groups is 1. The van der Waals surface area contributed by atoms with Crippen molar-refractivity contribution < 1.29 is 9.90 Å². The highest BCUT2D eigenvalue weighted by molar-refractivity contribution is 6.04. The quantitative estimate of drug-likeness (QED) is 0.300. The average Bonchev–Trinajstić information content (AvgIpc) is 3.57. The van der Waals surface area contributed by atoms with Gasteiger partial charge in [-0.1, -0.05) is 12.1 Å². The van der Waals surface area contributed by atoms with Crippen LogP contribution in [-0.2, 0) is 13.1 Å². The number of pyridine rings is 1. The number of hydrogen-bond acceptors (Lipinski definition) is 8. The highest BCUT2D eigenvalue weighted by Gasteiger charge is 2.22. The Balaban J connectivity index is 1.69. The fraction of sp³-hybridized carbons (Fsp3) is 0.154. The van der Waals surface area contributed by atoms with Crippen molar-refractivity contribution in [1.82, 2.24) is 28.7 Å². The van der Waals surface area contributed by atoms with Crippen molar-refractivity contribution in [3.05, 3.63) is 82.8 Å². The van der Waals surface area contributed by atoms with Crippen LogP contribution in [0.2, 0.25) is 0 Å². The Morgan fingerprint density at radius 2 is 2.00 bits per heavy atom. The number of amides is 1. The largest absolute Gasteiger partial charge is 0.394 e. The molecule has 0 saturated carbocycles. The van der Waals surface area contributed by atoms with E-state index in [9.17, 15) is 14.9 Å². The lowest BCUT2D eigenvalue weighted by molar-refractivity contribution is 0.102. The van der Waals surface area contributed by atoms with E-state index in [0.29, 0.717) is 52.4 Å². The molecule has 12 heteroatoms. The van der Waals surface area contributed by atoms with Crippen LogP contribution in [0.3, 0.4) is 0 Å². The summed E-state index contributed by atoms with van der Waals surface area (Å²) in [7, 11) is 0. The number of aromatic nitrogens is 6. The number of carbonyl (C=O) groups excluding carboxylic acids is 1. The second-order valence-corrected chi connectivity index (χ2v) is 8.42. The summed E-state index contributed by atoms with van der Waals surface area (Å²) in [5.74, 6) is -0.401. The molecule has 4 N–H and O–H groups in total. The third kappa shape index (κ3) is 4.49. The average molecular weight is 510 g/mol. The second-order valence-electron chi connectivity index (χ2n) is 8.42. The second kappa shape index (κ2) is 10.00. The molecular formula is C26H23N9O3. The molecule has 0 saturated heterocycles. The lowest BCUT2D eigenvalue weighted by Gasteiger charge is -2.14. The summed E-state index contributed by atoms with van der Waals surface area (Å²) in [6.07, 6.45) is 6.26. The number of nitriles is 1. The van der Waals surface area contributed by atoms with Crippen molar-refractivity contribution in [2.45, 2.75) is 20.0 Å². The third-order valence-corrected chi connectivity index (χ3v) is 5.97. The van der Waals surface area contributed by atoms with Crippen LogP contribution in [0.5, 0.6) is 0 Å². The lowest BCUT2D eigenvalue weighted by Crippen LogP contribution is -2.17. The number of benzene rings is 1. The zero-order chi connectivity index (χ0) is 26.8. The van der Waals surface area contributed by atoms with Crippen LogP contribution >= 0.6 is 0 Å². The summed E-state index contributed by atoms with van der Waals surface area (Å²) in [5.41, 5.74) is 9.76. The fourth-order valence-corrected chi connectivity index (χ4v) is 4.16. The van der Waals surface area contributed by atoms with Crippen LogP contribution < -0.4 is 16.6 Å². The van der Waals surface area contributed by atoms with E-state index in [0.717, 1.165) is 0 Å². The standard InChI is InChI=1S/C26H23N9O3/c1-2-33-13-18(6-7-21(33)37)22-23(17-5-3-4-16(10-17)11-27)32-26(28)35-15-20(31-24(22)35)25(38)30-19-12-29-34(14-19)8-9-36/h3-7,10,12-15,36H,2,8-9H2,1H3,(H2,28,32)(H,30,38). The number of hydrogen-bond donors (Lipinski definition) is 3. The molecule has 4 aromatic heterocycles. The van der Waals surface area contributed by atoms with Gasteiger partial charge in [0.1, 0.15) is 5.69 Å². The summed E-state index contributed by atoms with van der Waals surface area (Å²) in [5, 5.41) is 25.3. The van der Waals surface area contributed by atoms with Crippen molar-refractivity contribution in [1.29, 1.82) is 5.26 Å². The minimum atomic E-state index is -0.492. The molecule has 0 bridgehead atoms. The Morgan fingerprint density at radius 1 is 1.16 bits per heavy atom. The number of nitrogens with one attached hydrogen (secondary N) is 1. The van der Waals surface area contributed by atoms with Gasteiger partial charge in [-0.3, -0.25) is 18.7 Å². The fourth-order valence-electron chi connectivity index (χ4n) is 4.16. The Hall–Kier alpha value is -5.28. The first-order chi connectivity index (χ1) is 18.4. The number of aryl methyl sites for hydroxylation is 1. The minimum Gasteiger partial charge on any atom is -0.394 e. The summed E-state index contributed by atoms with van der Waals surface area (Å²) in [6, 6.07) is 12.2. The Labute approximate surface area is 216 Å². The van der Waals surface area contributed by atoms with Crippen molar-refractivity contribution in [3.8, 4) is 28.5 Å². The zero-order valence-corrected chi connectivity index (χ0v) is 20.4. The Morgan fingerprint density at radius 3 is 2.76 bits per heavy atom. The molecule has 190 valence electrons. The van der Waals surface area contributed by atoms with Gasteiger partial charge in [0.2, 0.25) is 5.95 Å². The van der Waals surface area contributed by atoms with Gasteiger partial charge in [-0.2, -0.15) is 10.4 Å². The van der Waals surface area contributed by atoms with E-state index >= 15 is 0 Å². The van der Waals surface area contributed by atoms with Gasteiger partial charge in [0.15, 0.2) is 5.65 Å². The van der Waals surface area contributed by atoms with Crippen LogP contribution in [0.15, 0.2) is 66.0 Å². The first-order valence-corrected chi connectivity index (χ1v) is 11.8. The molecule has 0 fully saturated rings. The molecule has 0 aliphatic rings. The molecule has 4 heterocycles. The number of nitrogen functional groups attached to an aromatic ring is 1. The molecule has 1 amide bonds. The van der Waals surface area contributed by atoms with E-state index < -0.39 is 5.91 Å². The van der Waals surface area contributed by atoms with Crippen LogP contribution in [0.25, 0.3) is 28.0 Å². The molecule has 5 rings (SSSR count). The van der Waals surface area contributed by atoms with E-state index in [1.54, 1.807) is 47.3 Å². The lowest BCUT2D eigenvalue weighted by atomic mass is 10.00. The smallest absolute Gasteiger partial charge is 0.275 e. The minimum absolute atomic E-state index is 0.0818. The Kier molecular flexibility index (Phi) is 6.42. The van der Waals surface area contributed by atoms with Gasteiger partial charge in [-0.15, -0.1) is 0 Å². The summed E-state index contributed by atoms with van der Waals surface area (Å²) >= 11 is 0. The molecule has 0 aliphatic heterocycles. The highest BCUT2D eigenvalue weighted by Crippen LogP contribution is 2.35. The SMILES string of the molecule is CCn1cc(-c2c(-c3cccc(C#N)c3)nc(N)n3cc(C(=O)Nc4cnn(CCO)c4)nc23)ccc1=O. The van der Waals surface area contributed by atoms with Crippen LogP contribution in [0.4, 0.5) is 11.6 Å². The topological polar surface area (TPSA) is 169 Å². The normalized spacial score (nSPS) is 11.0. The number of anilines is 2. The van der Waals surface area contributed by atoms with Crippen LogP contribution in [0.1, 0.15) is 23.0 Å². The maximum Gasteiger partial charge on any atom is 0.275 e. The first-order valence-electron chi connectivity index (χ1n) is 11.8. The molecule has 0 spiro atoms. The Bertz CT molecular complexity index is 1780. The maximum absolute atomic E-state index is 13.1. The van der Waals surface area contributed by atoms with E-state index in [1.165, 1.54) is 27.5 Å². The van der Waals surface area contributed by atoms with Crippen molar-refractivity contribution in [2.24, 2.45) is 0 Å². The number of imidazole rings is 1. The van der Waals surface area contributed by atoms with Crippen LogP contribution in [-0.4, -0.2) is 46.3 Å². The number of aliphatic hydroxyl groups is 1. The predicted molar refractivity (Wildman–Crippen MR) is 140 cm³/mol. The molecule has 0 atom stereocenters. The molecule has 12 nitrogen and oxygen atoms in total. The number of aliphatic hydroxyl groups excluding tert-OH is 1. The summed E-state index contributed by atoms with van der Waals surface area (Å²) < 4.78 is 4.57. The van der Waals surface area contributed by atoms with Gasteiger partial charge >= 0.3 is 0 Å². The van der Waals surface area contributed by atoms with Gasteiger partial charge < -0.3 is 20.7 Å². The molecule has 1 aromatic carbocycles. The molecular weight excluding hydrogens is 486 g/mol. The molecule has 38 heavy (non-hydrogen) atoms. The zero-order valence-electron chi connectivity index (χ0n) is 20.4. The number of rotatable bonds is 7. The van der Waals surface area contributed by atoms with E-state index in [1.807, 2.05) is 6.92 Å². The summed E-state index contributed by atoms with van der Waals surface area (Å²) in [4.78, 5) is 34.6. The molecule has 0 radical (unpaired) electrons. The van der Waals surface area contributed by atoms with Crippen molar-refractivity contribution in [3.63, 3.8) is 0 Å². The number of fused-ring (bicyclic) bond motifs is 1. The van der Waals surface area contributed by atoms with E-state index in [4.69, 9.17) is 10.8 Å². The van der Waals surface area contributed by atoms with Gasteiger partial charge in [-0.25, -0.2) is 9.97 Å². The van der Waals surface area contributed by atoms with Gasteiger partial charge in [-0.05, 0) is 25.1 Å². The van der Waals surface area contributed by atoms with E-state index in [-0.39, 0.29) is 23.8 Å². The molecule has 0 unspecified atom stereocenters. The van der Waals surface area contributed by atoms with Crippen molar-refractivity contribution >= 4 is 23.2 Å². The van der Waals surface area contributed by atoms with Crippen molar-refractivity contribution in [2.75, 3.05) is 17.7 Å². The maximum atomic E-state index is 13.1. The molecule has 0 aliphatic carbocycles. The van der Waals surface area contributed by atoms with Gasteiger partial charge in [0, 0.05) is 42.3 Å². The number of nitrogens with zero attached hydrogens (tertiary/aromatic N) is 7.